The Kier molecular flexibility index (Phi) is 6.12. The molecule has 1 aliphatic rings. The van der Waals surface area contributed by atoms with E-state index in [1.54, 1.807) is 18.2 Å². The molecule has 2 rings (SSSR count). The molecular formula is C16H22FNO4S. The van der Waals surface area contributed by atoms with Crippen LogP contribution in [0.3, 0.4) is 0 Å². The molecule has 0 saturated carbocycles. The highest BCUT2D eigenvalue weighted by molar-refractivity contribution is 7.89. The van der Waals surface area contributed by atoms with E-state index in [4.69, 9.17) is 5.11 Å². The van der Waals surface area contributed by atoms with Crippen molar-refractivity contribution in [2.45, 2.75) is 44.6 Å². The molecule has 1 N–H and O–H groups in total. The van der Waals surface area contributed by atoms with Crippen LogP contribution in [-0.4, -0.2) is 42.1 Å². The van der Waals surface area contributed by atoms with Crippen molar-refractivity contribution in [1.29, 1.82) is 0 Å². The number of sulfonamides is 1. The largest absolute Gasteiger partial charge is 0.481 e. The maximum atomic E-state index is 13.8. The van der Waals surface area contributed by atoms with E-state index in [0.717, 1.165) is 12.8 Å². The summed E-state index contributed by atoms with van der Waals surface area (Å²) in [6.45, 7) is 0.425. The van der Waals surface area contributed by atoms with Gasteiger partial charge < -0.3 is 5.11 Å². The Balaban J connectivity index is 2.08. The SMILES string of the molecule is O=C(O)CCCS(=O)(=O)N1CCCCC1Cc1ccccc1F. The topological polar surface area (TPSA) is 74.7 Å². The number of aliphatic carboxylic acids is 1. The molecule has 0 amide bonds. The molecule has 23 heavy (non-hydrogen) atoms. The summed E-state index contributed by atoms with van der Waals surface area (Å²) >= 11 is 0. The van der Waals surface area contributed by atoms with Gasteiger partial charge in [-0.25, -0.2) is 12.8 Å². The second kappa shape index (κ2) is 7.88. The zero-order chi connectivity index (χ0) is 16.9. The zero-order valence-electron chi connectivity index (χ0n) is 12.9. The smallest absolute Gasteiger partial charge is 0.303 e. The maximum Gasteiger partial charge on any atom is 0.303 e. The molecule has 1 heterocycles. The minimum absolute atomic E-state index is 0.0978. The van der Waals surface area contributed by atoms with Crippen molar-refractivity contribution < 1.29 is 22.7 Å². The minimum Gasteiger partial charge on any atom is -0.481 e. The third-order valence-corrected chi connectivity index (χ3v) is 6.14. The third-order valence-electron chi connectivity index (χ3n) is 4.14. The van der Waals surface area contributed by atoms with E-state index in [0.29, 0.717) is 24.9 Å². The van der Waals surface area contributed by atoms with Gasteiger partial charge in [0.25, 0.3) is 0 Å². The molecule has 1 aromatic carbocycles. The molecule has 0 aliphatic carbocycles. The van der Waals surface area contributed by atoms with Crippen LogP contribution in [0.5, 0.6) is 0 Å². The van der Waals surface area contributed by atoms with Gasteiger partial charge in [0.15, 0.2) is 0 Å². The summed E-state index contributed by atoms with van der Waals surface area (Å²) in [7, 11) is -3.51. The predicted octanol–water partition coefficient (Wildman–Crippen LogP) is 2.42. The molecule has 0 bridgehead atoms. The summed E-state index contributed by atoms with van der Waals surface area (Å²) in [5, 5.41) is 8.65. The van der Waals surface area contributed by atoms with Crippen molar-refractivity contribution in [3.8, 4) is 0 Å². The number of hydrogen-bond donors (Lipinski definition) is 1. The second-order valence-electron chi connectivity index (χ2n) is 5.87. The van der Waals surface area contributed by atoms with Gasteiger partial charge in [-0.3, -0.25) is 4.79 Å². The Labute approximate surface area is 136 Å². The van der Waals surface area contributed by atoms with E-state index in [1.165, 1.54) is 10.4 Å². The Morgan fingerprint density at radius 3 is 2.74 bits per heavy atom. The molecule has 1 fully saturated rings. The Hall–Kier alpha value is -1.47. The first kappa shape index (κ1) is 17.9. The predicted molar refractivity (Wildman–Crippen MR) is 85.1 cm³/mol. The first-order chi connectivity index (χ1) is 10.9. The number of piperidine rings is 1. The zero-order valence-corrected chi connectivity index (χ0v) is 13.8. The van der Waals surface area contributed by atoms with Crippen LogP contribution in [0, 0.1) is 5.82 Å². The van der Waals surface area contributed by atoms with E-state index in [9.17, 15) is 17.6 Å². The van der Waals surface area contributed by atoms with Crippen molar-refractivity contribution >= 4 is 16.0 Å². The summed E-state index contributed by atoms with van der Waals surface area (Å²) in [6, 6.07) is 6.16. The molecule has 0 radical (unpaired) electrons. The van der Waals surface area contributed by atoms with Crippen LogP contribution in [0.25, 0.3) is 0 Å². The summed E-state index contributed by atoms with van der Waals surface area (Å²) < 4.78 is 40.3. The molecule has 7 heteroatoms. The average Bonchev–Trinajstić information content (AvgIpc) is 2.49. The van der Waals surface area contributed by atoms with Crippen LogP contribution in [0.1, 0.15) is 37.7 Å². The first-order valence-electron chi connectivity index (χ1n) is 7.85. The van der Waals surface area contributed by atoms with E-state index in [1.807, 2.05) is 0 Å². The van der Waals surface area contributed by atoms with E-state index >= 15 is 0 Å². The van der Waals surface area contributed by atoms with Gasteiger partial charge in [0, 0.05) is 19.0 Å². The fourth-order valence-electron chi connectivity index (χ4n) is 2.99. The number of hydrogen-bond acceptors (Lipinski definition) is 3. The van der Waals surface area contributed by atoms with E-state index in [2.05, 4.69) is 0 Å². The number of carbonyl (C=O) groups is 1. The molecule has 1 saturated heterocycles. The van der Waals surface area contributed by atoms with Gasteiger partial charge in [-0.15, -0.1) is 0 Å². The molecule has 0 spiro atoms. The summed E-state index contributed by atoms with van der Waals surface area (Å²) in [4.78, 5) is 10.6. The van der Waals surface area contributed by atoms with Gasteiger partial charge in [-0.1, -0.05) is 24.6 Å². The normalized spacial score (nSPS) is 19.6. The number of benzene rings is 1. The summed E-state index contributed by atoms with van der Waals surface area (Å²) in [6.07, 6.45) is 2.69. The highest BCUT2D eigenvalue weighted by Gasteiger charge is 2.32. The number of carboxylic acids is 1. The quantitative estimate of drug-likeness (QED) is 0.825. The molecule has 128 valence electrons. The molecule has 0 aromatic heterocycles. The molecule has 1 unspecified atom stereocenters. The van der Waals surface area contributed by atoms with Gasteiger partial charge in [0.1, 0.15) is 5.82 Å². The lowest BCUT2D eigenvalue weighted by atomic mass is 9.97. The van der Waals surface area contributed by atoms with Crippen LogP contribution in [0.2, 0.25) is 0 Å². The lowest BCUT2D eigenvalue weighted by Crippen LogP contribution is -2.45. The van der Waals surface area contributed by atoms with E-state index in [-0.39, 0.29) is 30.5 Å². The molecule has 1 atom stereocenters. The fraction of sp³-hybridized carbons (Fsp3) is 0.562. The fourth-order valence-corrected chi connectivity index (χ4v) is 4.77. The standard InChI is InChI=1S/C16H22FNO4S/c17-15-8-2-1-6-13(15)12-14-7-3-4-10-18(14)23(21,22)11-5-9-16(19)20/h1-2,6,8,14H,3-5,7,9-12H2,(H,19,20). The molecule has 1 aliphatic heterocycles. The van der Waals surface area contributed by atoms with Gasteiger partial charge in [0.05, 0.1) is 5.75 Å². The molecular weight excluding hydrogens is 321 g/mol. The minimum atomic E-state index is -3.51. The number of nitrogens with zero attached hydrogens (tertiary/aromatic N) is 1. The van der Waals surface area contributed by atoms with Gasteiger partial charge in [-0.2, -0.15) is 4.31 Å². The Bertz CT molecular complexity index is 647. The maximum absolute atomic E-state index is 13.8. The van der Waals surface area contributed by atoms with Crippen LogP contribution >= 0.6 is 0 Å². The van der Waals surface area contributed by atoms with Crippen LogP contribution in [0.4, 0.5) is 4.39 Å². The number of rotatable bonds is 7. The summed E-state index contributed by atoms with van der Waals surface area (Å²) in [5.41, 5.74) is 0.519. The lowest BCUT2D eigenvalue weighted by molar-refractivity contribution is -0.137. The lowest BCUT2D eigenvalue weighted by Gasteiger charge is -2.35. The van der Waals surface area contributed by atoms with Crippen LogP contribution in [-0.2, 0) is 21.2 Å². The second-order valence-corrected chi connectivity index (χ2v) is 7.91. The van der Waals surface area contributed by atoms with Gasteiger partial charge in [-0.05, 0) is 37.3 Å². The van der Waals surface area contributed by atoms with Crippen LogP contribution < -0.4 is 0 Å². The van der Waals surface area contributed by atoms with Gasteiger partial charge >= 0.3 is 5.97 Å². The highest BCUT2D eigenvalue weighted by Crippen LogP contribution is 2.25. The number of halogens is 1. The van der Waals surface area contributed by atoms with Crippen molar-refractivity contribution in [3.05, 3.63) is 35.6 Å². The monoisotopic (exact) mass is 343 g/mol. The Morgan fingerprint density at radius 2 is 2.04 bits per heavy atom. The van der Waals surface area contributed by atoms with Crippen LogP contribution in [0.15, 0.2) is 24.3 Å². The third kappa shape index (κ3) is 5.00. The van der Waals surface area contributed by atoms with E-state index < -0.39 is 16.0 Å². The number of carboxylic acid groups (broad SMARTS) is 1. The van der Waals surface area contributed by atoms with Crippen molar-refractivity contribution in [1.82, 2.24) is 4.31 Å². The average molecular weight is 343 g/mol. The van der Waals surface area contributed by atoms with Crippen molar-refractivity contribution in [2.24, 2.45) is 0 Å². The van der Waals surface area contributed by atoms with Crippen molar-refractivity contribution in [3.63, 3.8) is 0 Å². The summed E-state index contributed by atoms with van der Waals surface area (Å²) in [5.74, 6) is -1.49. The Morgan fingerprint density at radius 1 is 1.30 bits per heavy atom. The van der Waals surface area contributed by atoms with Crippen molar-refractivity contribution in [2.75, 3.05) is 12.3 Å². The highest BCUT2D eigenvalue weighted by atomic mass is 32.2. The molecule has 1 aromatic rings. The van der Waals surface area contributed by atoms with Gasteiger partial charge in [0.2, 0.25) is 10.0 Å². The first-order valence-corrected chi connectivity index (χ1v) is 9.46. The molecule has 5 nitrogen and oxygen atoms in total.